The molecule has 0 radical (unpaired) electrons. The van der Waals surface area contributed by atoms with E-state index in [1.165, 1.54) is 12.7 Å². The van der Waals surface area contributed by atoms with Crippen LogP contribution in [0.4, 0.5) is 0 Å². The molecule has 0 saturated carbocycles. The molecule has 0 N–H and O–H groups in total. The fraction of sp³-hybridized carbons (Fsp3) is 0.429. The summed E-state index contributed by atoms with van der Waals surface area (Å²) in [6.07, 6.45) is 0. The van der Waals surface area contributed by atoms with E-state index in [4.69, 9.17) is 9.47 Å². The molecule has 0 unspecified atom stereocenters. The number of aryl methyl sites for hydroxylation is 2. The number of hydrogen-bond donors (Lipinski definition) is 0. The molecule has 7 heteroatoms. The number of benzene rings is 2. The Hall–Kier alpha value is -2.09. The van der Waals surface area contributed by atoms with Gasteiger partial charge in [0, 0.05) is 38.3 Å². The van der Waals surface area contributed by atoms with Crippen molar-refractivity contribution in [2.24, 2.45) is 0 Å². The normalized spacial score (nSPS) is 16.1. The molecule has 0 aliphatic carbocycles. The Labute approximate surface area is 167 Å². The zero-order valence-electron chi connectivity index (χ0n) is 16.9. The van der Waals surface area contributed by atoms with Crippen molar-refractivity contribution in [3.8, 4) is 11.5 Å². The van der Waals surface area contributed by atoms with Crippen molar-refractivity contribution in [2.75, 3.05) is 40.4 Å². The predicted molar refractivity (Wildman–Crippen MR) is 109 cm³/mol. The summed E-state index contributed by atoms with van der Waals surface area (Å²) in [5.41, 5.74) is 3.20. The van der Waals surface area contributed by atoms with Crippen LogP contribution >= 0.6 is 0 Å². The van der Waals surface area contributed by atoms with E-state index in [2.05, 4.69) is 17.9 Å². The predicted octanol–water partition coefficient (Wildman–Crippen LogP) is 2.83. The van der Waals surface area contributed by atoms with E-state index in [0.717, 1.165) is 23.4 Å². The van der Waals surface area contributed by atoms with E-state index < -0.39 is 10.0 Å². The molecule has 3 rings (SSSR count). The molecule has 0 atom stereocenters. The lowest BCUT2D eigenvalue weighted by Gasteiger charge is -2.34. The number of hydrogen-bond acceptors (Lipinski definition) is 5. The molecule has 0 aromatic heterocycles. The van der Waals surface area contributed by atoms with Gasteiger partial charge in [0.05, 0.1) is 14.2 Å². The molecular weight excluding hydrogens is 376 g/mol. The molecule has 28 heavy (non-hydrogen) atoms. The first-order chi connectivity index (χ1) is 13.3. The van der Waals surface area contributed by atoms with Gasteiger partial charge >= 0.3 is 0 Å². The maximum absolute atomic E-state index is 13.1. The summed E-state index contributed by atoms with van der Waals surface area (Å²) >= 11 is 0. The molecule has 2 aromatic rings. The molecule has 1 heterocycles. The van der Waals surface area contributed by atoms with Gasteiger partial charge in [0.1, 0.15) is 16.4 Å². The van der Waals surface area contributed by atoms with Gasteiger partial charge < -0.3 is 9.47 Å². The van der Waals surface area contributed by atoms with Gasteiger partial charge in [-0.2, -0.15) is 4.31 Å². The first-order valence-electron chi connectivity index (χ1n) is 9.36. The van der Waals surface area contributed by atoms with Crippen LogP contribution in [-0.2, 0) is 16.6 Å². The first kappa shape index (κ1) is 20.6. The molecule has 2 aromatic carbocycles. The SMILES string of the molecule is COc1ccc(C)cc1CN1CCN(S(=O)(=O)c2cc(C)ccc2OC)CC1. The van der Waals surface area contributed by atoms with Crippen LogP contribution in [0.15, 0.2) is 41.3 Å². The van der Waals surface area contributed by atoms with Crippen molar-refractivity contribution >= 4 is 10.0 Å². The lowest BCUT2D eigenvalue weighted by Crippen LogP contribution is -2.48. The lowest BCUT2D eigenvalue weighted by atomic mass is 10.1. The van der Waals surface area contributed by atoms with Crippen molar-refractivity contribution < 1.29 is 17.9 Å². The van der Waals surface area contributed by atoms with Gasteiger partial charge in [0.25, 0.3) is 0 Å². The molecule has 1 aliphatic heterocycles. The molecule has 0 bridgehead atoms. The summed E-state index contributed by atoms with van der Waals surface area (Å²) in [5.74, 6) is 1.25. The van der Waals surface area contributed by atoms with Crippen molar-refractivity contribution in [3.05, 3.63) is 53.1 Å². The third-order valence-electron chi connectivity index (χ3n) is 5.10. The van der Waals surface area contributed by atoms with Gasteiger partial charge in [-0.15, -0.1) is 0 Å². The van der Waals surface area contributed by atoms with Crippen molar-refractivity contribution in [2.45, 2.75) is 25.3 Å². The van der Waals surface area contributed by atoms with Crippen LogP contribution in [0, 0.1) is 13.8 Å². The quantitative estimate of drug-likeness (QED) is 0.741. The van der Waals surface area contributed by atoms with Gasteiger partial charge in [-0.05, 0) is 37.6 Å². The second-order valence-electron chi connectivity index (χ2n) is 7.15. The number of rotatable bonds is 6. The number of ether oxygens (including phenoxy) is 2. The van der Waals surface area contributed by atoms with E-state index in [1.807, 2.05) is 25.1 Å². The van der Waals surface area contributed by atoms with Crippen molar-refractivity contribution in [3.63, 3.8) is 0 Å². The minimum absolute atomic E-state index is 0.240. The smallest absolute Gasteiger partial charge is 0.246 e. The van der Waals surface area contributed by atoms with E-state index in [9.17, 15) is 8.42 Å². The Morgan fingerprint density at radius 3 is 2.04 bits per heavy atom. The number of sulfonamides is 1. The summed E-state index contributed by atoms with van der Waals surface area (Å²) < 4.78 is 38.6. The highest BCUT2D eigenvalue weighted by atomic mass is 32.2. The molecule has 6 nitrogen and oxygen atoms in total. The molecule has 1 aliphatic rings. The summed E-state index contributed by atoms with van der Waals surface area (Å²) in [7, 11) is -0.415. The van der Waals surface area contributed by atoms with Gasteiger partial charge in [0.15, 0.2) is 0 Å². The Morgan fingerprint density at radius 2 is 1.43 bits per heavy atom. The highest BCUT2D eigenvalue weighted by Gasteiger charge is 2.31. The second-order valence-corrected chi connectivity index (χ2v) is 9.06. The van der Waals surface area contributed by atoms with Gasteiger partial charge in [-0.25, -0.2) is 8.42 Å². The number of nitrogens with zero attached hydrogens (tertiary/aromatic N) is 2. The minimum atomic E-state index is -3.59. The van der Waals surface area contributed by atoms with Crippen LogP contribution in [0.2, 0.25) is 0 Å². The van der Waals surface area contributed by atoms with Crippen LogP contribution in [0.3, 0.4) is 0 Å². The zero-order chi connectivity index (χ0) is 20.3. The minimum Gasteiger partial charge on any atom is -0.496 e. The first-order valence-corrected chi connectivity index (χ1v) is 10.8. The van der Waals surface area contributed by atoms with Crippen molar-refractivity contribution in [1.82, 2.24) is 9.21 Å². The maximum atomic E-state index is 13.1. The molecule has 0 spiro atoms. The van der Waals surface area contributed by atoms with E-state index in [0.29, 0.717) is 31.9 Å². The summed E-state index contributed by atoms with van der Waals surface area (Å²) in [6, 6.07) is 11.4. The van der Waals surface area contributed by atoms with Crippen LogP contribution in [0.25, 0.3) is 0 Å². The Kier molecular flexibility index (Phi) is 6.27. The van der Waals surface area contributed by atoms with E-state index in [1.54, 1.807) is 23.5 Å². The summed E-state index contributed by atoms with van der Waals surface area (Å²) in [4.78, 5) is 2.50. The van der Waals surface area contributed by atoms with Crippen LogP contribution in [-0.4, -0.2) is 58.0 Å². The van der Waals surface area contributed by atoms with Gasteiger partial charge in [0.2, 0.25) is 10.0 Å². The number of methoxy groups -OCH3 is 2. The average Bonchev–Trinajstić information content (AvgIpc) is 2.68. The van der Waals surface area contributed by atoms with Crippen LogP contribution in [0.5, 0.6) is 11.5 Å². The molecule has 1 fully saturated rings. The van der Waals surface area contributed by atoms with E-state index in [-0.39, 0.29) is 4.90 Å². The average molecular weight is 405 g/mol. The monoisotopic (exact) mass is 404 g/mol. The summed E-state index contributed by atoms with van der Waals surface area (Å²) in [5, 5.41) is 0. The second kappa shape index (κ2) is 8.51. The largest absolute Gasteiger partial charge is 0.496 e. The Morgan fingerprint density at radius 1 is 0.857 bits per heavy atom. The third kappa shape index (κ3) is 4.32. The molecular formula is C21H28N2O4S. The zero-order valence-corrected chi connectivity index (χ0v) is 17.8. The number of piperazine rings is 1. The molecule has 0 amide bonds. The topological polar surface area (TPSA) is 59.1 Å². The fourth-order valence-electron chi connectivity index (χ4n) is 3.52. The molecule has 152 valence electrons. The van der Waals surface area contributed by atoms with Gasteiger partial charge in [-0.1, -0.05) is 23.8 Å². The van der Waals surface area contributed by atoms with Gasteiger partial charge in [-0.3, -0.25) is 4.90 Å². The fourth-order valence-corrected chi connectivity index (χ4v) is 5.19. The third-order valence-corrected chi connectivity index (χ3v) is 7.02. The Bertz CT molecular complexity index is 935. The lowest BCUT2D eigenvalue weighted by molar-refractivity contribution is 0.179. The summed E-state index contributed by atoms with van der Waals surface area (Å²) in [6.45, 7) is 6.93. The van der Waals surface area contributed by atoms with Crippen molar-refractivity contribution in [1.29, 1.82) is 0 Å². The van der Waals surface area contributed by atoms with Crippen LogP contribution < -0.4 is 9.47 Å². The molecule has 1 saturated heterocycles. The highest BCUT2D eigenvalue weighted by molar-refractivity contribution is 7.89. The maximum Gasteiger partial charge on any atom is 0.246 e. The highest BCUT2D eigenvalue weighted by Crippen LogP contribution is 2.29. The van der Waals surface area contributed by atoms with E-state index >= 15 is 0 Å². The Balaban J connectivity index is 1.72. The van der Waals surface area contributed by atoms with Crippen LogP contribution in [0.1, 0.15) is 16.7 Å². The standard InChI is InChI=1S/C21H28N2O4S/c1-16-5-7-19(26-3)18(13-16)15-22-9-11-23(12-10-22)28(24,25)21-14-17(2)6-8-20(21)27-4/h5-8,13-14H,9-12,15H2,1-4H3.